The van der Waals surface area contributed by atoms with Gasteiger partial charge >= 0.3 is 0 Å². The lowest BCUT2D eigenvalue weighted by molar-refractivity contribution is -0.117. The lowest BCUT2D eigenvalue weighted by atomic mass is 10.1. The van der Waals surface area contributed by atoms with E-state index in [1.807, 2.05) is 0 Å². The Labute approximate surface area is 134 Å². The Hall–Kier alpha value is -2.05. The van der Waals surface area contributed by atoms with Crippen molar-refractivity contribution < 1.29 is 13.2 Å². The van der Waals surface area contributed by atoms with E-state index in [1.54, 1.807) is 24.3 Å². The summed E-state index contributed by atoms with van der Waals surface area (Å²) < 4.78 is 26.2. The Bertz CT molecular complexity index is 771. The van der Waals surface area contributed by atoms with Crippen LogP contribution in [0.15, 0.2) is 53.4 Å². The molecule has 116 valence electrons. The Morgan fingerprint density at radius 3 is 2.14 bits per heavy atom. The number of halogens is 1. The number of carbonyl (C=O) groups excluding carboxylic acids is 1. The van der Waals surface area contributed by atoms with Crippen molar-refractivity contribution in [2.75, 3.05) is 11.4 Å². The van der Waals surface area contributed by atoms with Gasteiger partial charge in [0.05, 0.1) is 17.0 Å². The van der Waals surface area contributed by atoms with E-state index in [0.717, 1.165) is 5.56 Å². The minimum Gasteiger partial charge on any atom is -0.369 e. The Balaban J connectivity index is 2.28. The van der Waals surface area contributed by atoms with Gasteiger partial charge in [0.25, 0.3) is 10.0 Å². The summed E-state index contributed by atoms with van der Waals surface area (Å²) in [7, 11) is -2.20. The monoisotopic (exact) mass is 338 g/mol. The van der Waals surface area contributed by atoms with E-state index in [0.29, 0.717) is 10.7 Å². The van der Waals surface area contributed by atoms with Gasteiger partial charge in [0.1, 0.15) is 0 Å². The van der Waals surface area contributed by atoms with Crippen LogP contribution in [0.4, 0.5) is 5.69 Å². The van der Waals surface area contributed by atoms with Crippen molar-refractivity contribution in [2.45, 2.75) is 11.3 Å². The first-order chi connectivity index (χ1) is 10.3. The van der Waals surface area contributed by atoms with Crippen LogP contribution in [0.5, 0.6) is 0 Å². The molecule has 2 rings (SSSR count). The van der Waals surface area contributed by atoms with Crippen LogP contribution in [0.1, 0.15) is 5.56 Å². The maximum absolute atomic E-state index is 12.5. The first-order valence-electron chi connectivity index (χ1n) is 6.42. The smallest absolute Gasteiger partial charge is 0.264 e. The molecule has 0 saturated heterocycles. The number of carbonyl (C=O) groups is 1. The van der Waals surface area contributed by atoms with Gasteiger partial charge < -0.3 is 5.73 Å². The molecule has 0 heterocycles. The normalized spacial score (nSPS) is 11.2. The van der Waals surface area contributed by atoms with Crippen LogP contribution in [0.2, 0.25) is 5.02 Å². The molecule has 0 aromatic heterocycles. The molecule has 0 aliphatic rings. The number of benzene rings is 2. The third-order valence-corrected chi connectivity index (χ3v) is 5.20. The minimum atomic E-state index is -3.66. The van der Waals surface area contributed by atoms with Gasteiger partial charge in [-0.2, -0.15) is 0 Å². The van der Waals surface area contributed by atoms with Crippen LogP contribution in [-0.2, 0) is 21.2 Å². The highest BCUT2D eigenvalue weighted by atomic mass is 35.5. The fourth-order valence-electron chi connectivity index (χ4n) is 1.93. The van der Waals surface area contributed by atoms with Gasteiger partial charge in [-0.1, -0.05) is 23.7 Å². The number of anilines is 1. The third kappa shape index (κ3) is 3.58. The lowest BCUT2D eigenvalue weighted by Gasteiger charge is -2.19. The third-order valence-electron chi connectivity index (χ3n) is 3.15. The van der Waals surface area contributed by atoms with Crippen LogP contribution in [-0.4, -0.2) is 21.4 Å². The second-order valence-corrected chi connectivity index (χ2v) is 7.14. The van der Waals surface area contributed by atoms with E-state index in [9.17, 15) is 13.2 Å². The number of hydrogen-bond acceptors (Lipinski definition) is 3. The van der Waals surface area contributed by atoms with Crippen molar-refractivity contribution in [2.24, 2.45) is 5.73 Å². The van der Waals surface area contributed by atoms with Crippen LogP contribution >= 0.6 is 11.6 Å². The van der Waals surface area contributed by atoms with Gasteiger partial charge in [0.2, 0.25) is 5.91 Å². The number of primary amides is 1. The van der Waals surface area contributed by atoms with Crippen LogP contribution in [0, 0.1) is 0 Å². The van der Waals surface area contributed by atoms with E-state index in [1.165, 1.54) is 35.6 Å². The zero-order valence-electron chi connectivity index (χ0n) is 11.9. The molecule has 7 heteroatoms. The number of nitrogens with zero attached hydrogens (tertiary/aromatic N) is 1. The largest absolute Gasteiger partial charge is 0.369 e. The van der Waals surface area contributed by atoms with Gasteiger partial charge in [-0.05, 0) is 42.0 Å². The van der Waals surface area contributed by atoms with Gasteiger partial charge in [-0.25, -0.2) is 8.42 Å². The average molecular weight is 339 g/mol. The molecule has 0 unspecified atom stereocenters. The molecule has 0 bridgehead atoms. The van der Waals surface area contributed by atoms with Crippen molar-refractivity contribution in [1.29, 1.82) is 0 Å². The summed E-state index contributed by atoms with van der Waals surface area (Å²) in [5, 5.41) is 0.470. The SMILES string of the molecule is CN(c1ccc(CC(N)=O)cc1)S(=O)(=O)c1ccc(Cl)cc1. The highest BCUT2D eigenvalue weighted by Crippen LogP contribution is 2.23. The predicted octanol–water partition coefficient (Wildman–Crippen LogP) is 2.19. The molecule has 2 N–H and O–H groups in total. The average Bonchev–Trinajstić information content (AvgIpc) is 2.47. The van der Waals surface area contributed by atoms with Crippen LogP contribution in [0.3, 0.4) is 0 Å². The molecule has 0 fully saturated rings. The predicted molar refractivity (Wildman–Crippen MR) is 86.4 cm³/mol. The molecule has 5 nitrogen and oxygen atoms in total. The highest BCUT2D eigenvalue weighted by molar-refractivity contribution is 7.92. The topological polar surface area (TPSA) is 80.5 Å². The zero-order chi connectivity index (χ0) is 16.3. The number of nitrogens with two attached hydrogens (primary N) is 1. The van der Waals surface area contributed by atoms with Crippen LogP contribution < -0.4 is 10.0 Å². The van der Waals surface area contributed by atoms with E-state index in [4.69, 9.17) is 17.3 Å². The van der Waals surface area contributed by atoms with Gasteiger partial charge in [-0.15, -0.1) is 0 Å². The van der Waals surface area contributed by atoms with Crippen LogP contribution in [0.25, 0.3) is 0 Å². The minimum absolute atomic E-state index is 0.119. The van der Waals surface area contributed by atoms with Crippen molar-refractivity contribution in [3.8, 4) is 0 Å². The highest BCUT2D eigenvalue weighted by Gasteiger charge is 2.21. The first-order valence-corrected chi connectivity index (χ1v) is 8.24. The summed E-state index contributed by atoms with van der Waals surface area (Å²) in [5.41, 5.74) is 6.34. The number of amides is 1. The quantitative estimate of drug-likeness (QED) is 0.907. The van der Waals surface area contributed by atoms with Gasteiger partial charge in [-0.3, -0.25) is 9.10 Å². The van der Waals surface area contributed by atoms with E-state index in [2.05, 4.69) is 0 Å². The van der Waals surface area contributed by atoms with Gasteiger partial charge in [0.15, 0.2) is 0 Å². The van der Waals surface area contributed by atoms with Crippen molar-refractivity contribution in [3.05, 3.63) is 59.1 Å². The summed E-state index contributed by atoms with van der Waals surface area (Å²) >= 11 is 5.77. The molecule has 0 spiro atoms. The van der Waals surface area contributed by atoms with Gasteiger partial charge in [0, 0.05) is 12.1 Å². The summed E-state index contributed by atoms with van der Waals surface area (Å²) in [6.07, 6.45) is 0.119. The fraction of sp³-hybridized carbons (Fsp3) is 0.133. The van der Waals surface area contributed by atoms with Crippen molar-refractivity contribution in [3.63, 3.8) is 0 Å². The standard InChI is InChI=1S/C15H15ClN2O3S/c1-18(13-6-2-11(3-7-13)10-15(17)19)22(20,21)14-8-4-12(16)5-9-14/h2-9H,10H2,1H3,(H2,17,19). The molecule has 0 atom stereocenters. The maximum Gasteiger partial charge on any atom is 0.264 e. The lowest BCUT2D eigenvalue weighted by Crippen LogP contribution is -2.26. The first kappa shape index (κ1) is 16.3. The number of sulfonamides is 1. The van der Waals surface area contributed by atoms with Crippen molar-refractivity contribution >= 4 is 33.2 Å². The molecular formula is C15H15ClN2O3S. The number of hydrogen-bond donors (Lipinski definition) is 1. The van der Waals surface area contributed by atoms with E-state index in [-0.39, 0.29) is 11.3 Å². The molecule has 0 aliphatic heterocycles. The zero-order valence-corrected chi connectivity index (χ0v) is 13.4. The molecule has 2 aromatic rings. The van der Waals surface area contributed by atoms with Crippen molar-refractivity contribution in [1.82, 2.24) is 0 Å². The van der Waals surface area contributed by atoms with E-state index < -0.39 is 15.9 Å². The Morgan fingerprint density at radius 2 is 1.64 bits per heavy atom. The molecular weight excluding hydrogens is 324 g/mol. The number of rotatable bonds is 5. The molecule has 22 heavy (non-hydrogen) atoms. The summed E-state index contributed by atoms with van der Waals surface area (Å²) in [4.78, 5) is 11.0. The molecule has 2 aromatic carbocycles. The molecule has 1 amide bonds. The second kappa shape index (κ2) is 6.37. The molecule has 0 radical (unpaired) electrons. The molecule has 0 aliphatic carbocycles. The Kier molecular flexibility index (Phi) is 4.73. The second-order valence-electron chi connectivity index (χ2n) is 4.74. The van der Waals surface area contributed by atoms with E-state index >= 15 is 0 Å². The fourth-order valence-corrected chi connectivity index (χ4v) is 3.25. The summed E-state index contributed by atoms with van der Waals surface area (Å²) in [6.45, 7) is 0. The Morgan fingerprint density at radius 1 is 1.09 bits per heavy atom. The summed E-state index contributed by atoms with van der Waals surface area (Å²) in [5.74, 6) is -0.435. The molecule has 0 saturated carbocycles. The summed E-state index contributed by atoms with van der Waals surface area (Å²) in [6, 6.07) is 12.6. The maximum atomic E-state index is 12.5.